The van der Waals surface area contributed by atoms with Gasteiger partial charge in [-0.2, -0.15) is 4.99 Å². The van der Waals surface area contributed by atoms with E-state index < -0.39 is 5.54 Å². The third-order valence-corrected chi connectivity index (χ3v) is 4.86. The largest absolute Gasteiger partial charge is 0.493 e. The zero-order valence-electron chi connectivity index (χ0n) is 12.7. The van der Waals surface area contributed by atoms with Crippen molar-refractivity contribution >= 4 is 22.0 Å². The molecule has 0 heterocycles. The van der Waals surface area contributed by atoms with Gasteiger partial charge < -0.3 is 9.47 Å². The van der Waals surface area contributed by atoms with Gasteiger partial charge in [-0.25, -0.2) is 4.79 Å². The van der Waals surface area contributed by atoms with Gasteiger partial charge >= 0.3 is 0 Å². The Hall–Kier alpha value is -1.32. The van der Waals surface area contributed by atoms with Crippen molar-refractivity contribution in [3.8, 4) is 11.5 Å². The third-order valence-electron chi connectivity index (χ3n) is 4.23. The molecule has 0 bridgehead atoms. The molecule has 114 valence electrons. The number of hydrogen-bond acceptors (Lipinski definition) is 4. The van der Waals surface area contributed by atoms with Gasteiger partial charge in [-0.15, -0.1) is 0 Å². The molecule has 2 rings (SSSR count). The molecule has 0 N–H and O–H groups in total. The van der Waals surface area contributed by atoms with E-state index in [0.717, 1.165) is 53.5 Å². The number of methoxy groups -OCH3 is 2. The molecule has 5 heteroatoms. The Morgan fingerprint density at radius 2 is 2.00 bits per heavy atom. The predicted molar refractivity (Wildman–Crippen MR) is 84.9 cm³/mol. The number of isocyanates is 1. The van der Waals surface area contributed by atoms with Gasteiger partial charge in [-0.1, -0.05) is 35.7 Å². The predicted octanol–water partition coefficient (Wildman–Crippen LogP) is 4.13. The molecule has 1 aromatic rings. The van der Waals surface area contributed by atoms with Crippen LogP contribution in [0.2, 0.25) is 0 Å². The average Bonchev–Trinajstić information content (AvgIpc) is 2.95. The van der Waals surface area contributed by atoms with Gasteiger partial charge in [-0.3, -0.25) is 0 Å². The van der Waals surface area contributed by atoms with E-state index in [0.29, 0.717) is 5.75 Å². The molecular weight excluding hydrogens is 334 g/mol. The van der Waals surface area contributed by atoms with Crippen LogP contribution in [0.5, 0.6) is 11.5 Å². The van der Waals surface area contributed by atoms with Crippen LogP contribution < -0.4 is 9.47 Å². The summed E-state index contributed by atoms with van der Waals surface area (Å²) in [7, 11) is 3.26. The standard InChI is InChI=1S/C16H20BrNO3/c1-4-11-14(16(18-10-19)7-5-6-8-16)12(17)9-13(20-2)15(11)21-3/h9H,4-8H2,1-3H3. The first-order valence-corrected chi connectivity index (χ1v) is 7.95. The van der Waals surface area contributed by atoms with Crippen molar-refractivity contribution in [1.82, 2.24) is 0 Å². The highest BCUT2D eigenvalue weighted by Gasteiger charge is 2.40. The lowest BCUT2D eigenvalue weighted by Crippen LogP contribution is -2.22. The second-order valence-electron chi connectivity index (χ2n) is 5.24. The minimum Gasteiger partial charge on any atom is -0.493 e. The second-order valence-corrected chi connectivity index (χ2v) is 6.10. The van der Waals surface area contributed by atoms with Crippen LogP contribution in [0.1, 0.15) is 43.7 Å². The Balaban J connectivity index is 2.75. The van der Waals surface area contributed by atoms with E-state index in [1.807, 2.05) is 6.07 Å². The normalized spacial score (nSPS) is 16.4. The molecular formula is C16H20BrNO3. The van der Waals surface area contributed by atoms with Crippen molar-refractivity contribution in [2.24, 2.45) is 4.99 Å². The van der Waals surface area contributed by atoms with Crippen molar-refractivity contribution in [2.45, 2.75) is 44.6 Å². The van der Waals surface area contributed by atoms with Gasteiger partial charge in [0.15, 0.2) is 11.5 Å². The molecule has 0 saturated heterocycles. The Morgan fingerprint density at radius 1 is 1.33 bits per heavy atom. The Kier molecular flexibility index (Phi) is 5.07. The Morgan fingerprint density at radius 3 is 2.48 bits per heavy atom. The maximum atomic E-state index is 11.0. The minimum absolute atomic E-state index is 0.481. The first-order chi connectivity index (χ1) is 10.1. The zero-order valence-corrected chi connectivity index (χ0v) is 14.2. The lowest BCUT2D eigenvalue weighted by Gasteiger charge is -2.29. The SMILES string of the molecule is CCc1c(OC)c(OC)cc(Br)c1C1(N=C=O)CCCC1. The van der Waals surface area contributed by atoms with Crippen LogP contribution in [0.15, 0.2) is 15.5 Å². The number of carbonyl (C=O) groups excluding carboxylic acids is 1. The quantitative estimate of drug-likeness (QED) is 0.590. The molecule has 1 aliphatic carbocycles. The molecule has 0 radical (unpaired) electrons. The van der Waals surface area contributed by atoms with E-state index in [1.165, 1.54) is 0 Å². The highest BCUT2D eigenvalue weighted by atomic mass is 79.9. The van der Waals surface area contributed by atoms with Gasteiger partial charge in [0.2, 0.25) is 6.08 Å². The number of ether oxygens (including phenoxy) is 2. The number of halogens is 1. The van der Waals surface area contributed by atoms with Crippen LogP contribution in [0, 0.1) is 0 Å². The van der Waals surface area contributed by atoms with Gasteiger partial charge in [0.1, 0.15) is 0 Å². The van der Waals surface area contributed by atoms with Crippen molar-refractivity contribution in [2.75, 3.05) is 14.2 Å². The van der Waals surface area contributed by atoms with Gasteiger partial charge in [-0.05, 0) is 25.3 Å². The summed E-state index contributed by atoms with van der Waals surface area (Å²) < 4.78 is 11.9. The van der Waals surface area contributed by atoms with Crippen LogP contribution in [0.4, 0.5) is 0 Å². The highest BCUT2D eigenvalue weighted by molar-refractivity contribution is 9.10. The van der Waals surface area contributed by atoms with E-state index in [1.54, 1.807) is 20.3 Å². The van der Waals surface area contributed by atoms with Crippen molar-refractivity contribution in [3.63, 3.8) is 0 Å². The summed E-state index contributed by atoms with van der Waals surface area (Å²) in [5.41, 5.74) is 1.61. The maximum absolute atomic E-state index is 11.0. The number of rotatable bonds is 5. The summed E-state index contributed by atoms with van der Waals surface area (Å²) in [5, 5.41) is 0. The maximum Gasteiger partial charge on any atom is 0.235 e. The molecule has 21 heavy (non-hydrogen) atoms. The van der Waals surface area contributed by atoms with Crippen LogP contribution in [-0.4, -0.2) is 20.3 Å². The summed E-state index contributed by atoms with van der Waals surface area (Å²) >= 11 is 3.63. The van der Waals surface area contributed by atoms with Crippen LogP contribution in [0.3, 0.4) is 0 Å². The van der Waals surface area contributed by atoms with E-state index >= 15 is 0 Å². The molecule has 0 spiro atoms. The lowest BCUT2D eigenvalue weighted by molar-refractivity contribution is 0.347. The van der Waals surface area contributed by atoms with Crippen molar-refractivity contribution < 1.29 is 14.3 Å². The van der Waals surface area contributed by atoms with Crippen LogP contribution >= 0.6 is 15.9 Å². The van der Waals surface area contributed by atoms with Crippen LogP contribution in [-0.2, 0) is 16.8 Å². The number of aliphatic imine (C=N–C) groups is 1. The number of benzene rings is 1. The monoisotopic (exact) mass is 353 g/mol. The fourth-order valence-electron chi connectivity index (χ4n) is 3.34. The number of nitrogens with zero attached hydrogens (tertiary/aromatic N) is 1. The molecule has 1 aliphatic rings. The van der Waals surface area contributed by atoms with E-state index in [4.69, 9.17) is 9.47 Å². The fourth-order valence-corrected chi connectivity index (χ4v) is 4.16. The molecule has 0 atom stereocenters. The lowest BCUT2D eigenvalue weighted by atomic mass is 9.84. The Bertz CT molecular complexity index is 573. The summed E-state index contributed by atoms with van der Waals surface area (Å²) in [6, 6.07) is 1.90. The summed E-state index contributed by atoms with van der Waals surface area (Å²) in [6.45, 7) is 2.07. The topological polar surface area (TPSA) is 47.9 Å². The third kappa shape index (κ3) is 2.72. The molecule has 0 aromatic heterocycles. The second kappa shape index (κ2) is 6.63. The van der Waals surface area contributed by atoms with Gasteiger partial charge in [0.25, 0.3) is 0 Å². The van der Waals surface area contributed by atoms with Crippen molar-refractivity contribution in [1.29, 1.82) is 0 Å². The molecule has 1 fully saturated rings. The highest BCUT2D eigenvalue weighted by Crippen LogP contribution is 2.50. The molecule has 1 saturated carbocycles. The Labute approximate surface area is 133 Å². The molecule has 1 aromatic carbocycles. The van der Waals surface area contributed by atoms with Crippen molar-refractivity contribution in [3.05, 3.63) is 21.7 Å². The van der Waals surface area contributed by atoms with E-state index in [-0.39, 0.29) is 0 Å². The number of hydrogen-bond donors (Lipinski definition) is 0. The summed E-state index contributed by atoms with van der Waals surface area (Å²) in [6.07, 6.45) is 6.42. The fraction of sp³-hybridized carbons (Fsp3) is 0.562. The van der Waals surface area contributed by atoms with Crippen LogP contribution in [0.25, 0.3) is 0 Å². The molecule has 0 aliphatic heterocycles. The average molecular weight is 354 g/mol. The first-order valence-electron chi connectivity index (χ1n) is 7.16. The molecule has 0 amide bonds. The van der Waals surface area contributed by atoms with E-state index in [9.17, 15) is 4.79 Å². The smallest absolute Gasteiger partial charge is 0.235 e. The first kappa shape index (κ1) is 16.1. The van der Waals surface area contributed by atoms with Gasteiger partial charge in [0, 0.05) is 15.6 Å². The zero-order chi connectivity index (χ0) is 15.5. The van der Waals surface area contributed by atoms with E-state index in [2.05, 4.69) is 27.8 Å². The molecule has 4 nitrogen and oxygen atoms in total. The summed E-state index contributed by atoms with van der Waals surface area (Å²) in [4.78, 5) is 15.2. The summed E-state index contributed by atoms with van der Waals surface area (Å²) in [5.74, 6) is 1.42. The minimum atomic E-state index is -0.481. The van der Waals surface area contributed by atoms with Gasteiger partial charge in [0.05, 0.1) is 19.8 Å². The molecule has 0 unspecified atom stereocenters.